The summed E-state index contributed by atoms with van der Waals surface area (Å²) >= 11 is 5.69. The first-order chi connectivity index (χ1) is 8.68. The van der Waals surface area contributed by atoms with E-state index >= 15 is 0 Å². The van der Waals surface area contributed by atoms with E-state index in [2.05, 4.69) is 11.8 Å². The highest BCUT2D eigenvalue weighted by Crippen LogP contribution is 2.14. The molecule has 1 heterocycles. The number of hydrogen-bond acceptors (Lipinski definition) is 2. The number of nitrogens with zero attached hydrogens (tertiary/aromatic N) is 1. The SMILES string of the molecule is O=C(C#Cc1ccccc1)N1CCC=C(Cl)C1=O. The van der Waals surface area contributed by atoms with Crippen LogP contribution in [-0.4, -0.2) is 23.3 Å². The molecule has 0 saturated carbocycles. The lowest BCUT2D eigenvalue weighted by atomic mass is 10.2. The van der Waals surface area contributed by atoms with E-state index in [1.807, 2.05) is 18.2 Å². The van der Waals surface area contributed by atoms with Crippen molar-refractivity contribution < 1.29 is 9.59 Å². The molecular formula is C14H10ClNO2. The molecule has 0 atom stereocenters. The Balaban J connectivity index is 2.12. The van der Waals surface area contributed by atoms with Gasteiger partial charge in [0.25, 0.3) is 5.91 Å². The minimum absolute atomic E-state index is 0.0797. The predicted molar refractivity (Wildman–Crippen MR) is 68.6 cm³/mol. The fraction of sp³-hybridized carbons (Fsp3) is 0.143. The first-order valence-electron chi connectivity index (χ1n) is 5.47. The van der Waals surface area contributed by atoms with Crippen LogP contribution in [0.15, 0.2) is 41.4 Å². The van der Waals surface area contributed by atoms with E-state index in [0.717, 1.165) is 10.5 Å². The second kappa shape index (κ2) is 5.52. The average molecular weight is 260 g/mol. The summed E-state index contributed by atoms with van der Waals surface area (Å²) in [5.74, 6) is 4.18. The van der Waals surface area contributed by atoms with Gasteiger partial charge in [0.1, 0.15) is 5.03 Å². The molecule has 2 rings (SSSR count). The quantitative estimate of drug-likeness (QED) is 0.668. The minimum atomic E-state index is -0.518. The Labute approximate surface area is 110 Å². The summed E-state index contributed by atoms with van der Waals surface area (Å²) in [4.78, 5) is 24.5. The summed E-state index contributed by atoms with van der Waals surface area (Å²) in [6.45, 7) is 0.331. The molecule has 0 radical (unpaired) electrons. The number of halogens is 1. The maximum absolute atomic E-state index is 11.8. The zero-order valence-electron chi connectivity index (χ0n) is 9.52. The lowest BCUT2D eigenvalue weighted by Gasteiger charge is -2.20. The van der Waals surface area contributed by atoms with Gasteiger partial charge in [0, 0.05) is 18.0 Å². The molecule has 0 fully saturated rings. The number of carbonyl (C=O) groups is 2. The maximum Gasteiger partial charge on any atom is 0.305 e. The van der Waals surface area contributed by atoms with Gasteiger partial charge in [-0.25, -0.2) is 0 Å². The molecule has 1 aromatic rings. The highest BCUT2D eigenvalue weighted by Gasteiger charge is 2.24. The van der Waals surface area contributed by atoms with Crippen molar-refractivity contribution >= 4 is 23.4 Å². The number of carbonyl (C=O) groups excluding carboxylic acids is 2. The van der Waals surface area contributed by atoms with Gasteiger partial charge < -0.3 is 0 Å². The van der Waals surface area contributed by atoms with Crippen molar-refractivity contribution in [3.8, 4) is 11.8 Å². The van der Waals surface area contributed by atoms with E-state index in [-0.39, 0.29) is 5.03 Å². The summed E-state index contributed by atoms with van der Waals surface area (Å²) in [6.07, 6.45) is 2.18. The molecule has 0 saturated heterocycles. The number of amides is 2. The molecule has 0 aliphatic carbocycles. The van der Waals surface area contributed by atoms with Crippen LogP contribution in [-0.2, 0) is 9.59 Å². The van der Waals surface area contributed by atoms with E-state index in [1.54, 1.807) is 18.2 Å². The van der Waals surface area contributed by atoms with Crippen LogP contribution in [0.2, 0.25) is 0 Å². The van der Waals surface area contributed by atoms with Crippen LogP contribution in [0.25, 0.3) is 0 Å². The third kappa shape index (κ3) is 2.79. The van der Waals surface area contributed by atoms with E-state index in [1.165, 1.54) is 0 Å². The van der Waals surface area contributed by atoms with Crippen molar-refractivity contribution in [2.75, 3.05) is 6.54 Å². The molecule has 1 aliphatic rings. The zero-order chi connectivity index (χ0) is 13.0. The van der Waals surface area contributed by atoms with Crippen molar-refractivity contribution in [1.82, 2.24) is 4.90 Å². The highest BCUT2D eigenvalue weighted by atomic mass is 35.5. The fourth-order valence-electron chi connectivity index (χ4n) is 1.55. The van der Waals surface area contributed by atoms with Gasteiger partial charge in [0.05, 0.1) is 0 Å². The molecule has 4 heteroatoms. The summed E-state index contributed by atoms with van der Waals surface area (Å²) in [6, 6.07) is 9.13. The number of benzene rings is 1. The normalized spacial score (nSPS) is 14.6. The molecular weight excluding hydrogens is 250 g/mol. The van der Waals surface area contributed by atoms with Gasteiger partial charge in [0.15, 0.2) is 0 Å². The topological polar surface area (TPSA) is 37.4 Å². The van der Waals surface area contributed by atoms with Gasteiger partial charge >= 0.3 is 5.91 Å². The highest BCUT2D eigenvalue weighted by molar-refractivity contribution is 6.43. The van der Waals surface area contributed by atoms with E-state index in [9.17, 15) is 9.59 Å². The summed E-state index contributed by atoms with van der Waals surface area (Å²) in [5, 5.41) is 0.0797. The molecule has 0 N–H and O–H groups in total. The Bertz CT molecular complexity index is 566. The zero-order valence-corrected chi connectivity index (χ0v) is 10.3. The van der Waals surface area contributed by atoms with Crippen molar-refractivity contribution in [2.45, 2.75) is 6.42 Å². The molecule has 0 unspecified atom stereocenters. The van der Waals surface area contributed by atoms with Crippen LogP contribution in [0, 0.1) is 11.8 Å². The second-order valence-electron chi connectivity index (χ2n) is 3.72. The Kier molecular flexibility index (Phi) is 3.81. The Hall–Kier alpha value is -2.05. The molecule has 90 valence electrons. The third-order valence-corrected chi connectivity index (χ3v) is 2.77. The van der Waals surface area contributed by atoms with Crippen LogP contribution in [0.3, 0.4) is 0 Å². The van der Waals surface area contributed by atoms with Gasteiger partial charge in [-0.2, -0.15) is 0 Å². The first kappa shape index (κ1) is 12.4. The smallest absolute Gasteiger partial charge is 0.268 e. The van der Waals surface area contributed by atoms with E-state index in [0.29, 0.717) is 13.0 Å². The largest absolute Gasteiger partial charge is 0.305 e. The Morgan fingerprint density at radius 3 is 2.72 bits per heavy atom. The standard InChI is InChI=1S/C14H10ClNO2/c15-12-7-4-10-16(14(12)18)13(17)9-8-11-5-2-1-3-6-11/h1-3,5-7H,4,10H2. The lowest BCUT2D eigenvalue weighted by Crippen LogP contribution is -2.39. The molecule has 1 aromatic carbocycles. The Morgan fingerprint density at radius 1 is 1.28 bits per heavy atom. The van der Waals surface area contributed by atoms with Gasteiger partial charge in [0.2, 0.25) is 0 Å². The maximum atomic E-state index is 11.8. The number of rotatable bonds is 0. The van der Waals surface area contributed by atoms with Gasteiger partial charge in [-0.1, -0.05) is 41.8 Å². The molecule has 0 spiro atoms. The van der Waals surface area contributed by atoms with Crippen molar-refractivity contribution in [1.29, 1.82) is 0 Å². The molecule has 18 heavy (non-hydrogen) atoms. The molecule has 2 amide bonds. The molecule has 3 nitrogen and oxygen atoms in total. The first-order valence-corrected chi connectivity index (χ1v) is 5.85. The van der Waals surface area contributed by atoms with Crippen LogP contribution < -0.4 is 0 Å². The summed E-state index contributed by atoms with van der Waals surface area (Å²) < 4.78 is 0. The fourth-order valence-corrected chi connectivity index (χ4v) is 1.76. The number of hydrogen-bond donors (Lipinski definition) is 0. The average Bonchev–Trinajstić information content (AvgIpc) is 2.40. The predicted octanol–water partition coefficient (Wildman–Crippen LogP) is 1.92. The molecule has 0 bridgehead atoms. The van der Waals surface area contributed by atoms with Crippen molar-refractivity contribution in [3.05, 3.63) is 47.0 Å². The second-order valence-corrected chi connectivity index (χ2v) is 4.13. The van der Waals surface area contributed by atoms with E-state index in [4.69, 9.17) is 11.6 Å². The van der Waals surface area contributed by atoms with Crippen molar-refractivity contribution in [3.63, 3.8) is 0 Å². The van der Waals surface area contributed by atoms with E-state index < -0.39 is 11.8 Å². The van der Waals surface area contributed by atoms with Gasteiger partial charge in [-0.05, 0) is 18.6 Å². The van der Waals surface area contributed by atoms with Gasteiger partial charge in [-0.15, -0.1) is 0 Å². The Morgan fingerprint density at radius 2 is 2.00 bits per heavy atom. The summed E-state index contributed by atoms with van der Waals surface area (Å²) in [7, 11) is 0. The van der Waals surface area contributed by atoms with Gasteiger partial charge in [-0.3, -0.25) is 14.5 Å². The summed E-state index contributed by atoms with van der Waals surface area (Å²) in [5.41, 5.74) is 0.733. The number of imide groups is 1. The van der Waals surface area contributed by atoms with Crippen LogP contribution >= 0.6 is 11.6 Å². The minimum Gasteiger partial charge on any atom is -0.268 e. The third-order valence-electron chi connectivity index (χ3n) is 2.46. The van der Waals surface area contributed by atoms with Crippen LogP contribution in [0.1, 0.15) is 12.0 Å². The molecule has 1 aliphatic heterocycles. The lowest BCUT2D eigenvalue weighted by molar-refractivity contribution is -0.138. The van der Waals surface area contributed by atoms with Crippen molar-refractivity contribution in [2.24, 2.45) is 0 Å². The van der Waals surface area contributed by atoms with Crippen LogP contribution in [0.5, 0.6) is 0 Å². The monoisotopic (exact) mass is 259 g/mol. The molecule has 0 aromatic heterocycles. The van der Waals surface area contributed by atoms with Crippen LogP contribution in [0.4, 0.5) is 0 Å².